The Morgan fingerprint density at radius 1 is 1.19 bits per heavy atom. The molecule has 2 bridgehead atoms. The van der Waals surface area contributed by atoms with Crippen LogP contribution in [0.3, 0.4) is 0 Å². The zero-order valence-corrected chi connectivity index (χ0v) is 26.3. The standard InChI is InChI=1S/C34H39ClN2O5S/c1-4-34(39)16-5-7-22(2)23(3)43(40,41)36-32(38)25-10-14-31-30(18-25)37(19-26-9-12-29(26)34)20-33(21-42-31)15-6-8-24-17-27(35)11-13-28(24)33/h1,5,10-11,13-14,16-18,22-23,26,29,39H,6-9,12,15,19-21H2,2-3H3,(H,36,38)/b16-5+/t22-,23+,26-,29+,33-,34-/m0/s1. The fourth-order valence-corrected chi connectivity index (χ4v) is 8.90. The van der Waals surface area contributed by atoms with Crippen molar-refractivity contribution in [2.24, 2.45) is 17.8 Å². The van der Waals surface area contributed by atoms with Crippen LogP contribution in [0.15, 0.2) is 48.6 Å². The largest absolute Gasteiger partial charge is 0.490 e. The first kappa shape index (κ1) is 30.1. The lowest BCUT2D eigenvalue weighted by Gasteiger charge is -2.47. The molecular formula is C34H39ClN2O5S. The number of carbonyl (C=O) groups is 1. The Hall–Kier alpha value is -2.99. The average Bonchev–Trinajstić information content (AvgIpc) is 3.11. The molecule has 228 valence electrons. The minimum Gasteiger partial charge on any atom is -0.490 e. The van der Waals surface area contributed by atoms with Crippen LogP contribution in [-0.2, 0) is 21.9 Å². The number of terminal acetylenes is 1. The Balaban J connectivity index is 1.45. The molecule has 2 heterocycles. The Kier molecular flexibility index (Phi) is 7.81. The highest BCUT2D eigenvalue weighted by Gasteiger charge is 2.47. The van der Waals surface area contributed by atoms with Gasteiger partial charge in [-0.2, -0.15) is 0 Å². The second-order valence-corrected chi connectivity index (χ2v) is 15.5. The first-order valence-corrected chi connectivity index (χ1v) is 17.1. The maximum Gasteiger partial charge on any atom is 0.264 e. The van der Waals surface area contributed by atoms with Crippen molar-refractivity contribution in [1.82, 2.24) is 4.72 Å². The van der Waals surface area contributed by atoms with Crippen LogP contribution >= 0.6 is 11.6 Å². The Morgan fingerprint density at radius 2 is 2.00 bits per heavy atom. The molecule has 0 radical (unpaired) electrons. The minimum absolute atomic E-state index is 0.115. The maximum atomic E-state index is 13.4. The lowest BCUT2D eigenvalue weighted by atomic mass is 9.64. The van der Waals surface area contributed by atoms with E-state index in [-0.39, 0.29) is 28.7 Å². The molecule has 4 aliphatic rings. The summed E-state index contributed by atoms with van der Waals surface area (Å²) >= 11 is 6.39. The van der Waals surface area contributed by atoms with Crippen LogP contribution in [0.25, 0.3) is 0 Å². The third-order valence-corrected chi connectivity index (χ3v) is 12.5. The number of ether oxygens (including phenoxy) is 1. The molecule has 43 heavy (non-hydrogen) atoms. The summed E-state index contributed by atoms with van der Waals surface area (Å²) in [4.78, 5) is 15.6. The van der Waals surface area contributed by atoms with Crippen molar-refractivity contribution in [3.63, 3.8) is 0 Å². The number of benzene rings is 2. The van der Waals surface area contributed by atoms with E-state index in [2.05, 4.69) is 27.7 Å². The van der Waals surface area contributed by atoms with Gasteiger partial charge < -0.3 is 14.7 Å². The van der Waals surface area contributed by atoms with Crippen LogP contribution < -0.4 is 14.4 Å². The van der Waals surface area contributed by atoms with Crippen molar-refractivity contribution in [2.75, 3.05) is 24.6 Å². The van der Waals surface area contributed by atoms with Gasteiger partial charge in [0, 0.05) is 35.0 Å². The van der Waals surface area contributed by atoms with E-state index in [1.54, 1.807) is 37.3 Å². The van der Waals surface area contributed by atoms with Crippen LogP contribution in [0.5, 0.6) is 5.75 Å². The topological polar surface area (TPSA) is 95.9 Å². The molecular weight excluding hydrogens is 584 g/mol. The van der Waals surface area contributed by atoms with E-state index >= 15 is 0 Å². The van der Waals surface area contributed by atoms with Gasteiger partial charge in [-0.15, -0.1) is 6.42 Å². The van der Waals surface area contributed by atoms with Crippen molar-refractivity contribution in [2.45, 2.75) is 68.6 Å². The summed E-state index contributed by atoms with van der Waals surface area (Å²) in [6.45, 7) is 5.12. The van der Waals surface area contributed by atoms with Gasteiger partial charge in [0.25, 0.3) is 5.91 Å². The molecule has 7 nitrogen and oxygen atoms in total. The molecule has 0 saturated heterocycles. The fourth-order valence-electron chi connectivity index (χ4n) is 7.42. The summed E-state index contributed by atoms with van der Waals surface area (Å²) in [5.74, 6) is 2.29. The van der Waals surface area contributed by atoms with Gasteiger partial charge in [-0.3, -0.25) is 4.79 Å². The van der Waals surface area contributed by atoms with Crippen LogP contribution in [0.4, 0.5) is 5.69 Å². The van der Waals surface area contributed by atoms with Gasteiger partial charge in [0.1, 0.15) is 11.4 Å². The molecule has 2 aliphatic heterocycles. The van der Waals surface area contributed by atoms with Crippen molar-refractivity contribution in [1.29, 1.82) is 0 Å². The monoisotopic (exact) mass is 622 g/mol. The second kappa shape index (κ2) is 11.2. The van der Waals surface area contributed by atoms with Gasteiger partial charge in [-0.1, -0.05) is 36.6 Å². The SMILES string of the molecule is C#C[C@]1(O)/C=C/C[C@H](C)[C@@H](C)S(=O)(=O)NC(=O)c2ccc3c(c2)N(C[C@@H]2CC[C@H]21)C[C@@]1(CCCc2cc(Cl)ccc21)CO3. The Labute approximate surface area is 259 Å². The third-order valence-electron chi connectivity index (χ3n) is 10.4. The molecule has 6 atom stereocenters. The molecule has 6 rings (SSSR count). The highest BCUT2D eigenvalue weighted by Crippen LogP contribution is 2.48. The number of aliphatic hydroxyl groups is 1. The van der Waals surface area contributed by atoms with Gasteiger partial charge >= 0.3 is 0 Å². The third kappa shape index (κ3) is 5.45. The van der Waals surface area contributed by atoms with E-state index < -0.39 is 26.8 Å². The van der Waals surface area contributed by atoms with Crippen molar-refractivity contribution >= 4 is 33.2 Å². The molecule has 2 aliphatic carbocycles. The summed E-state index contributed by atoms with van der Waals surface area (Å²) in [5, 5.41) is 11.5. The van der Waals surface area contributed by atoms with Gasteiger partial charge in [-0.25, -0.2) is 13.1 Å². The number of aryl methyl sites for hydroxylation is 1. The number of anilines is 1. The highest BCUT2D eigenvalue weighted by atomic mass is 35.5. The molecule has 1 spiro atoms. The molecule has 0 aromatic heterocycles. The van der Waals surface area contributed by atoms with E-state index in [0.29, 0.717) is 36.9 Å². The summed E-state index contributed by atoms with van der Waals surface area (Å²) in [5.41, 5.74) is 1.70. The molecule has 2 N–H and O–H groups in total. The Morgan fingerprint density at radius 3 is 2.74 bits per heavy atom. The smallest absolute Gasteiger partial charge is 0.264 e. The second-order valence-electron chi connectivity index (χ2n) is 13.0. The molecule has 2 aromatic carbocycles. The fraction of sp³-hybridized carbons (Fsp3) is 0.500. The van der Waals surface area contributed by atoms with Crippen molar-refractivity contribution < 1.29 is 23.1 Å². The number of hydrogen-bond donors (Lipinski definition) is 2. The van der Waals surface area contributed by atoms with Gasteiger partial charge in [0.05, 0.1) is 17.5 Å². The van der Waals surface area contributed by atoms with Gasteiger partial charge in [-0.05, 0) is 105 Å². The zero-order valence-electron chi connectivity index (χ0n) is 24.7. The number of fused-ring (bicyclic) bond motifs is 4. The van der Waals surface area contributed by atoms with Crippen LogP contribution in [0.1, 0.15) is 67.4 Å². The minimum atomic E-state index is -3.97. The quantitative estimate of drug-likeness (QED) is 0.308. The van der Waals surface area contributed by atoms with Gasteiger partial charge in [0.2, 0.25) is 10.0 Å². The lowest BCUT2D eigenvalue weighted by molar-refractivity contribution is -0.00308. The van der Waals surface area contributed by atoms with E-state index in [1.165, 1.54) is 11.1 Å². The predicted molar refractivity (Wildman–Crippen MR) is 169 cm³/mol. The maximum absolute atomic E-state index is 13.4. The number of allylic oxidation sites excluding steroid dienone is 1. The average molecular weight is 623 g/mol. The van der Waals surface area contributed by atoms with Crippen LogP contribution in [-0.4, -0.2) is 50.0 Å². The van der Waals surface area contributed by atoms with Gasteiger partial charge in [0.15, 0.2) is 0 Å². The summed E-state index contributed by atoms with van der Waals surface area (Å²) < 4.78 is 35.2. The lowest BCUT2D eigenvalue weighted by Crippen LogP contribution is -2.52. The Bertz CT molecular complexity index is 1620. The highest BCUT2D eigenvalue weighted by molar-refractivity contribution is 7.90. The number of carbonyl (C=O) groups excluding carboxylic acids is 1. The number of hydrogen-bond acceptors (Lipinski definition) is 6. The first-order chi connectivity index (χ1) is 20.4. The van der Waals surface area contributed by atoms with E-state index in [9.17, 15) is 18.3 Å². The molecule has 1 fully saturated rings. The van der Waals surface area contributed by atoms with E-state index in [0.717, 1.165) is 37.8 Å². The normalized spacial score (nSPS) is 34.3. The number of amides is 1. The van der Waals surface area contributed by atoms with Crippen molar-refractivity contribution in [3.05, 3.63) is 70.3 Å². The molecule has 9 heteroatoms. The number of nitrogens with zero attached hydrogens (tertiary/aromatic N) is 1. The summed E-state index contributed by atoms with van der Waals surface area (Å²) in [6, 6.07) is 11.2. The first-order valence-electron chi connectivity index (χ1n) is 15.2. The molecule has 1 saturated carbocycles. The van der Waals surface area contributed by atoms with Crippen LogP contribution in [0, 0.1) is 30.1 Å². The molecule has 0 unspecified atom stereocenters. The van der Waals surface area contributed by atoms with E-state index in [1.807, 2.05) is 13.0 Å². The predicted octanol–water partition coefficient (Wildman–Crippen LogP) is 5.25. The number of nitrogens with one attached hydrogen (secondary N) is 1. The summed E-state index contributed by atoms with van der Waals surface area (Å²) in [7, 11) is -3.97. The summed E-state index contributed by atoms with van der Waals surface area (Å²) in [6.07, 6.45) is 14.4. The zero-order chi connectivity index (χ0) is 30.6. The van der Waals surface area contributed by atoms with Crippen LogP contribution in [0.2, 0.25) is 5.02 Å². The molecule has 1 amide bonds. The van der Waals surface area contributed by atoms with Crippen molar-refractivity contribution in [3.8, 4) is 18.1 Å². The number of sulfonamides is 1. The molecule has 2 aromatic rings. The van der Waals surface area contributed by atoms with E-state index in [4.69, 9.17) is 22.8 Å². The number of halogens is 1. The number of rotatable bonds is 0.